The summed E-state index contributed by atoms with van der Waals surface area (Å²) in [6, 6.07) is 3.96. The summed E-state index contributed by atoms with van der Waals surface area (Å²) in [4.78, 5) is 11.9. The molecule has 4 nitrogen and oxygen atoms in total. The molecule has 0 radical (unpaired) electrons. The van der Waals surface area contributed by atoms with Crippen LogP contribution in [0.15, 0.2) is 12.1 Å². The lowest BCUT2D eigenvalue weighted by Crippen LogP contribution is -2.45. The molecule has 26 heavy (non-hydrogen) atoms. The Bertz CT molecular complexity index is 712. The lowest BCUT2D eigenvalue weighted by molar-refractivity contribution is -0.157. The molecule has 142 valence electrons. The van der Waals surface area contributed by atoms with Crippen LogP contribution in [0.4, 0.5) is 0 Å². The molecule has 4 heteroatoms. The molecule has 3 aliphatic rings. The van der Waals surface area contributed by atoms with Crippen molar-refractivity contribution in [2.45, 2.75) is 70.8 Å². The summed E-state index contributed by atoms with van der Waals surface area (Å²) in [5.74, 6) is 2.56. The van der Waals surface area contributed by atoms with Gasteiger partial charge in [0.2, 0.25) is 0 Å². The fourth-order valence-electron chi connectivity index (χ4n) is 6.14. The van der Waals surface area contributed by atoms with E-state index in [1.54, 1.807) is 7.11 Å². The molecule has 0 aromatic heterocycles. The number of phenolic OH excluding ortho intramolecular Hbond substituents is 1. The van der Waals surface area contributed by atoms with E-state index in [0.29, 0.717) is 29.9 Å². The maximum absolute atomic E-state index is 11.9. The zero-order chi connectivity index (χ0) is 18.5. The molecule has 0 amide bonds. The Labute approximate surface area is 155 Å². The highest BCUT2D eigenvalue weighted by atomic mass is 16.5. The highest BCUT2D eigenvalue weighted by Gasteiger charge is 2.56. The second-order valence-electron chi connectivity index (χ2n) is 8.59. The van der Waals surface area contributed by atoms with E-state index in [-0.39, 0.29) is 23.2 Å². The molecule has 0 spiro atoms. The van der Waals surface area contributed by atoms with Crippen LogP contribution in [-0.4, -0.2) is 24.3 Å². The first-order valence-corrected chi connectivity index (χ1v) is 10.1. The molecular formula is C22H30O4. The molecule has 2 fully saturated rings. The lowest BCUT2D eigenvalue weighted by Gasteiger charge is -2.50. The number of carbonyl (C=O) groups is 1. The fraction of sp³-hybridized carbons (Fsp3) is 0.682. The van der Waals surface area contributed by atoms with Gasteiger partial charge >= 0.3 is 5.97 Å². The second kappa shape index (κ2) is 6.47. The first-order valence-electron chi connectivity index (χ1n) is 10.1. The summed E-state index contributed by atoms with van der Waals surface area (Å²) >= 11 is 0. The third kappa shape index (κ3) is 2.60. The molecule has 1 aromatic rings. The average Bonchev–Trinajstić information content (AvgIpc) is 2.97. The van der Waals surface area contributed by atoms with Crippen molar-refractivity contribution in [2.75, 3.05) is 7.11 Å². The fourth-order valence-corrected chi connectivity index (χ4v) is 6.14. The number of hydrogen-bond donors (Lipinski definition) is 1. The highest BCUT2D eigenvalue weighted by molar-refractivity contribution is 5.69. The molecule has 3 aliphatic carbocycles. The van der Waals surface area contributed by atoms with E-state index in [1.165, 1.54) is 11.1 Å². The van der Waals surface area contributed by atoms with Gasteiger partial charge in [-0.3, -0.25) is 4.79 Å². The first kappa shape index (κ1) is 17.7. The van der Waals surface area contributed by atoms with Gasteiger partial charge in [0, 0.05) is 11.8 Å². The van der Waals surface area contributed by atoms with E-state index in [2.05, 4.69) is 13.0 Å². The van der Waals surface area contributed by atoms with Crippen molar-refractivity contribution in [2.24, 2.45) is 17.3 Å². The zero-order valence-electron chi connectivity index (χ0n) is 16.1. The minimum atomic E-state index is -0.0619. The lowest BCUT2D eigenvalue weighted by atomic mass is 9.55. The van der Waals surface area contributed by atoms with Crippen LogP contribution in [0, 0.1) is 17.3 Å². The van der Waals surface area contributed by atoms with Gasteiger partial charge in [-0.05, 0) is 79.5 Å². The Morgan fingerprint density at radius 1 is 1.27 bits per heavy atom. The Balaban J connectivity index is 1.62. The van der Waals surface area contributed by atoms with E-state index in [4.69, 9.17) is 9.47 Å². The van der Waals surface area contributed by atoms with Crippen molar-refractivity contribution in [3.63, 3.8) is 0 Å². The topological polar surface area (TPSA) is 55.8 Å². The molecule has 2 saturated carbocycles. The monoisotopic (exact) mass is 358 g/mol. The van der Waals surface area contributed by atoms with Gasteiger partial charge in [0.15, 0.2) is 11.5 Å². The van der Waals surface area contributed by atoms with Crippen molar-refractivity contribution >= 4 is 5.97 Å². The van der Waals surface area contributed by atoms with Crippen LogP contribution < -0.4 is 4.74 Å². The second-order valence-corrected chi connectivity index (χ2v) is 8.59. The highest BCUT2D eigenvalue weighted by Crippen LogP contribution is 2.62. The standard InChI is InChI=1S/C22H30O4/c1-4-21(24)26-20-8-7-17-15-6-5-13-11-18(23)19(25-3)12-16(13)14(15)9-10-22(17,20)2/h11-12,14-15,17,20,23H,4-10H2,1-3H3/t14?,15?,17?,20-,22-/m0/s1. The molecule has 0 bridgehead atoms. The third-order valence-corrected chi connectivity index (χ3v) is 7.50. The Hall–Kier alpha value is -1.71. The normalized spacial score (nSPS) is 35.2. The first-order chi connectivity index (χ1) is 12.5. The van der Waals surface area contributed by atoms with Crippen LogP contribution in [0.5, 0.6) is 11.5 Å². The summed E-state index contributed by atoms with van der Waals surface area (Å²) in [6.07, 6.45) is 7.10. The molecule has 0 heterocycles. The van der Waals surface area contributed by atoms with Gasteiger partial charge in [0.1, 0.15) is 6.10 Å². The summed E-state index contributed by atoms with van der Waals surface area (Å²) < 4.78 is 11.2. The number of rotatable bonds is 3. The molecular weight excluding hydrogens is 328 g/mol. The summed E-state index contributed by atoms with van der Waals surface area (Å²) in [5, 5.41) is 10.1. The number of aryl methyl sites for hydroxylation is 1. The van der Waals surface area contributed by atoms with Crippen LogP contribution in [0.1, 0.15) is 69.4 Å². The number of ether oxygens (including phenoxy) is 2. The van der Waals surface area contributed by atoms with Crippen LogP contribution in [0.2, 0.25) is 0 Å². The van der Waals surface area contributed by atoms with Gasteiger partial charge < -0.3 is 14.6 Å². The van der Waals surface area contributed by atoms with Crippen molar-refractivity contribution in [1.82, 2.24) is 0 Å². The minimum Gasteiger partial charge on any atom is -0.504 e. The van der Waals surface area contributed by atoms with Gasteiger partial charge in [0.05, 0.1) is 7.11 Å². The van der Waals surface area contributed by atoms with Gasteiger partial charge in [-0.1, -0.05) is 13.8 Å². The Kier molecular flexibility index (Phi) is 4.40. The van der Waals surface area contributed by atoms with Crippen LogP contribution in [0.3, 0.4) is 0 Å². The largest absolute Gasteiger partial charge is 0.504 e. The van der Waals surface area contributed by atoms with Gasteiger partial charge in [0.25, 0.3) is 0 Å². The number of esters is 1. The molecule has 5 atom stereocenters. The Morgan fingerprint density at radius 3 is 2.81 bits per heavy atom. The molecule has 1 N–H and O–H groups in total. The smallest absolute Gasteiger partial charge is 0.305 e. The number of phenols is 1. The predicted molar refractivity (Wildman–Crippen MR) is 99.4 cm³/mol. The number of aromatic hydroxyl groups is 1. The van der Waals surface area contributed by atoms with Crippen LogP contribution >= 0.6 is 0 Å². The van der Waals surface area contributed by atoms with Crippen molar-refractivity contribution in [3.05, 3.63) is 23.3 Å². The van der Waals surface area contributed by atoms with Crippen molar-refractivity contribution in [3.8, 4) is 11.5 Å². The number of fused-ring (bicyclic) bond motifs is 5. The zero-order valence-corrected chi connectivity index (χ0v) is 16.1. The maximum Gasteiger partial charge on any atom is 0.305 e. The molecule has 4 rings (SSSR count). The summed E-state index contributed by atoms with van der Waals surface area (Å²) in [5.41, 5.74) is 2.76. The molecule has 1 aromatic carbocycles. The van der Waals surface area contributed by atoms with E-state index < -0.39 is 0 Å². The Morgan fingerprint density at radius 2 is 2.08 bits per heavy atom. The van der Waals surface area contributed by atoms with Crippen LogP contribution in [-0.2, 0) is 16.0 Å². The van der Waals surface area contributed by atoms with Gasteiger partial charge in [-0.25, -0.2) is 0 Å². The van der Waals surface area contributed by atoms with Crippen molar-refractivity contribution in [1.29, 1.82) is 0 Å². The van der Waals surface area contributed by atoms with Gasteiger partial charge in [-0.15, -0.1) is 0 Å². The number of benzene rings is 1. The van der Waals surface area contributed by atoms with Crippen molar-refractivity contribution < 1.29 is 19.4 Å². The van der Waals surface area contributed by atoms with Crippen LogP contribution in [0.25, 0.3) is 0 Å². The molecule has 0 saturated heterocycles. The van der Waals surface area contributed by atoms with E-state index in [1.807, 2.05) is 13.0 Å². The number of methoxy groups -OCH3 is 1. The maximum atomic E-state index is 11.9. The van der Waals surface area contributed by atoms with E-state index >= 15 is 0 Å². The quantitative estimate of drug-likeness (QED) is 0.804. The van der Waals surface area contributed by atoms with Gasteiger partial charge in [-0.2, -0.15) is 0 Å². The predicted octanol–water partition coefficient (Wildman–Crippen LogP) is 4.58. The van der Waals surface area contributed by atoms with E-state index in [0.717, 1.165) is 38.5 Å². The average molecular weight is 358 g/mol. The number of hydrogen-bond acceptors (Lipinski definition) is 4. The molecule has 0 aliphatic heterocycles. The minimum absolute atomic E-state index is 0.0619. The number of carbonyl (C=O) groups excluding carboxylic acids is 1. The summed E-state index contributed by atoms with van der Waals surface area (Å²) in [6.45, 7) is 4.22. The SMILES string of the molecule is CCC(=O)O[C@H]1CCC2C3CCc4cc(O)c(OC)cc4C3CC[C@@]21C. The molecule has 3 unspecified atom stereocenters. The van der Waals surface area contributed by atoms with E-state index in [9.17, 15) is 9.90 Å². The third-order valence-electron chi connectivity index (χ3n) is 7.50. The summed E-state index contributed by atoms with van der Waals surface area (Å²) in [7, 11) is 1.61.